The van der Waals surface area contributed by atoms with E-state index in [4.69, 9.17) is 4.74 Å². The molecule has 0 aliphatic carbocycles. The number of thiophene rings is 1. The van der Waals surface area contributed by atoms with E-state index in [1.165, 1.54) is 10.5 Å². The molecule has 2 saturated heterocycles. The summed E-state index contributed by atoms with van der Waals surface area (Å²) in [5.74, 6) is -0.0491. The molecule has 25 heavy (non-hydrogen) atoms. The molecule has 4 heterocycles. The van der Waals surface area contributed by atoms with Gasteiger partial charge in [0.15, 0.2) is 0 Å². The first-order valence-corrected chi connectivity index (χ1v) is 10.7. The average molecular weight is 383 g/mol. The van der Waals surface area contributed by atoms with Gasteiger partial charge in [-0.15, -0.1) is 0 Å². The van der Waals surface area contributed by atoms with Gasteiger partial charge in [0.05, 0.1) is 18.8 Å². The summed E-state index contributed by atoms with van der Waals surface area (Å²) in [6.45, 7) is 1.95. The molecule has 0 radical (unpaired) electrons. The molecule has 3 atom stereocenters. The zero-order chi connectivity index (χ0) is 17.4. The third-order valence-corrected chi connectivity index (χ3v) is 7.59. The van der Waals surface area contributed by atoms with Crippen LogP contribution in [0.1, 0.15) is 23.9 Å². The van der Waals surface area contributed by atoms with Gasteiger partial charge in [0.2, 0.25) is 10.0 Å². The zero-order valence-electron chi connectivity index (χ0n) is 13.7. The van der Waals surface area contributed by atoms with Gasteiger partial charge in [0.1, 0.15) is 4.90 Å². The second-order valence-corrected chi connectivity index (χ2v) is 9.32. The van der Waals surface area contributed by atoms with Crippen LogP contribution in [0.3, 0.4) is 0 Å². The van der Waals surface area contributed by atoms with E-state index in [0.29, 0.717) is 26.3 Å². The van der Waals surface area contributed by atoms with Gasteiger partial charge >= 0.3 is 0 Å². The minimum atomic E-state index is -3.61. The largest absolute Gasteiger partial charge is 0.396 e. The molecule has 0 spiro atoms. The molecular weight excluding hydrogens is 362 g/mol. The molecule has 7 nitrogen and oxygen atoms in total. The van der Waals surface area contributed by atoms with Crippen molar-refractivity contribution in [2.45, 2.75) is 23.3 Å². The van der Waals surface area contributed by atoms with Crippen LogP contribution in [0.5, 0.6) is 0 Å². The second kappa shape index (κ2) is 6.81. The average Bonchev–Trinajstić information content (AvgIpc) is 3.42. The maximum absolute atomic E-state index is 13.0. The van der Waals surface area contributed by atoms with Crippen molar-refractivity contribution in [3.05, 3.63) is 34.8 Å². The molecule has 0 saturated carbocycles. The van der Waals surface area contributed by atoms with Crippen molar-refractivity contribution in [3.63, 3.8) is 0 Å². The molecule has 2 aliphatic rings. The van der Waals surface area contributed by atoms with E-state index in [1.807, 2.05) is 16.8 Å². The number of hydrogen-bond donors (Lipinski definition) is 1. The van der Waals surface area contributed by atoms with Crippen LogP contribution in [0, 0.1) is 5.92 Å². The van der Waals surface area contributed by atoms with Crippen LogP contribution in [0.4, 0.5) is 0 Å². The fourth-order valence-corrected chi connectivity index (χ4v) is 5.80. The van der Waals surface area contributed by atoms with Crippen molar-refractivity contribution in [3.8, 4) is 0 Å². The van der Waals surface area contributed by atoms with E-state index >= 15 is 0 Å². The summed E-state index contributed by atoms with van der Waals surface area (Å²) >= 11 is 1.59. The molecule has 0 unspecified atom stereocenters. The standard InChI is InChI=1S/C16H21N3O4S2/c20-9-13-6-18(8-16(13)12-2-4-24-11-12)25(21,22)15-5-17-19(7-15)14-1-3-23-10-14/h2,4-5,7,11,13-14,16,20H,1,3,6,8-10H2/t13-,14+,16-/m0/s1. The Morgan fingerprint density at radius 3 is 2.96 bits per heavy atom. The van der Waals surface area contributed by atoms with Crippen LogP contribution in [0.2, 0.25) is 0 Å². The Morgan fingerprint density at radius 1 is 1.40 bits per heavy atom. The van der Waals surface area contributed by atoms with Crippen molar-refractivity contribution < 1.29 is 18.3 Å². The number of rotatable bonds is 5. The van der Waals surface area contributed by atoms with Gasteiger partial charge in [0, 0.05) is 44.3 Å². The SMILES string of the molecule is O=S(=O)(c1cnn([C@@H]2CCOC2)c1)N1C[C@@H](CO)[C@H](c2ccsc2)C1. The third-order valence-electron chi connectivity index (χ3n) is 5.11. The number of hydrogen-bond acceptors (Lipinski definition) is 6. The van der Waals surface area contributed by atoms with Crippen LogP contribution in [0.25, 0.3) is 0 Å². The predicted molar refractivity (Wildman–Crippen MR) is 93.1 cm³/mol. The Hall–Kier alpha value is -1.26. The molecule has 2 aromatic rings. The molecule has 2 aliphatic heterocycles. The first kappa shape index (κ1) is 17.2. The molecule has 0 bridgehead atoms. The van der Waals surface area contributed by atoms with Crippen molar-refractivity contribution >= 4 is 21.4 Å². The number of aromatic nitrogens is 2. The smallest absolute Gasteiger partial charge is 0.246 e. The fraction of sp³-hybridized carbons (Fsp3) is 0.562. The summed E-state index contributed by atoms with van der Waals surface area (Å²) in [4.78, 5) is 0.210. The van der Waals surface area contributed by atoms with Gasteiger partial charge in [-0.05, 0) is 28.8 Å². The quantitative estimate of drug-likeness (QED) is 0.841. The molecule has 0 amide bonds. The van der Waals surface area contributed by atoms with Gasteiger partial charge in [-0.25, -0.2) is 8.42 Å². The van der Waals surface area contributed by atoms with Crippen LogP contribution in [-0.2, 0) is 14.8 Å². The lowest BCUT2D eigenvalue weighted by molar-refractivity contribution is 0.184. The summed E-state index contributed by atoms with van der Waals surface area (Å²) < 4.78 is 34.5. The van der Waals surface area contributed by atoms with Gasteiger partial charge in [-0.2, -0.15) is 20.7 Å². The van der Waals surface area contributed by atoms with E-state index in [1.54, 1.807) is 22.2 Å². The summed E-state index contributed by atoms with van der Waals surface area (Å²) in [5, 5.41) is 17.9. The number of ether oxygens (including phenoxy) is 1. The Bertz CT molecular complexity index is 812. The lowest BCUT2D eigenvalue weighted by atomic mass is 9.92. The monoisotopic (exact) mass is 383 g/mol. The third kappa shape index (κ3) is 3.15. The van der Waals surface area contributed by atoms with E-state index in [-0.39, 0.29) is 29.4 Å². The first-order chi connectivity index (χ1) is 12.1. The summed E-state index contributed by atoms with van der Waals surface area (Å²) in [5.41, 5.74) is 1.10. The lowest BCUT2D eigenvalue weighted by Crippen LogP contribution is -2.29. The summed E-state index contributed by atoms with van der Waals surface area (Å²) in [6.07, 6.45) is 3.86. The zero-order valence-corrected chi connectivity index (χ0v) is 15.3. The molecule has 2 aromatic heterocycles. The van der Waals surface area contributed by atoms with Gasteiger partial charge < -0.3 is 9.84 Å². The summed E-state index contributed by atoms with van der Waals surface area (Å²) in [7, 11) is -3.61. The Kier molecular flexibility index (Phi) is 4.67. The first-order valence-electron chi connectivity index (χ1n) is 8.34. The van der Waals surface area contributed by atoms with Crippen LogP contribution in [0.15, 0.2) is 34.1 Å². The lowest BCUT2D eigenvalue weighted by Gasteiger charge is -2.15. The maximum Gasteiger partial charge on any atom is 0.246 e. The van der Waals surface area contributed by atoms with Crippen LogP contribution in [-0.4, -0.2) is 60.5 Å². The number of sulfonamides is 1. The molecule has 1 N–H and O–H groups in total. The highest BCUT2D eigenvalue weighted by atomic mass is 32.2. The maximum atomic E-state index is 13.0. The van der Waals surface area contributed by atoms with Gasteiger partial charge in [-0.3, -0.25) is 4.68 Å². The molecule has 4 rings (SSSR count). The van der Waals surface area contributed by atoms with Crippen molar-refractivity contribution in [1.29, 1.82) is 0 Å². The highest BCUT2D eigenvalue weighted by molar-refractivity contribution is 7.89. The van der Waals surface area contributed by atoms with E-state index < -0.39 is 10.0 Å². The van der Waals surface area contributed by atoms with Gasteiger partial charge in [0.25, 0.3) is 0 Å². The molecular formula is C16H21N3O4S2. The van der Waals surface area contributed by atoms with Crippen molar-refractivity contribution in [2.75, 3.05) is 32.9 Å². The molecule has 2 fully saturated rings. The minimum Gasteiger partial charge on any atom is -0.396 e. The second-order valence-electron chi connectivity index (χ2n) is 6.60. The molecule has 0 aromatic carbocycles. The Morgan fingerprint density at radius 2 is 2.28 bits per heavy atom. The van der Waals surface area contributed by atoms with Crippen molar-refractivity contribution in [2.24, 2.45) is 5.92 Å². The number of aliphatic hydroxyl groups is 1. The fourth-order valence-electron chi connectivity index (χ4n) is 3.61. The highest BCUT2D eigenvalue weighted by Crippen LogP contribution is 2.36. The Balaban J connectivity index is 1.56. The normalized spacial score (nSPS) is 28.0. The van der Waals surface area contributed by atoms with E-state index in [0.717, 1.165) is 12.0 Å². The topological polar surface area (TPSA) is 84.7 Å². The van der Waals surface area contributed by atoms with Crippen LogP contribution >= 0.6 is 11.3 Å². The van der Waals surface area contributed by atoms with Crippen LogP contribution < -0.4 is 0 Å². The number of aliphatic hydroxyl groups excluding tert-OH is 1. The molecule has 136 valence electrons. The molecule has 9 heteroatoms. The number of nitrogens with zero attached hydrogens (tertiary/aromatic N) is 3. The predicted octanol–water partition coefficient (Wildman–Crippen LogP) is 1.30. The minimum absolute atomic E-state index is 0.0226. The highest BCUT2D eigenvalue weighted by Gasteiger charge is 2.40. The van der Waals surface area contributed by atoms with Crippen molar-refractivity contribution in [1.82, 2.24) is 14.1 Å². The summed E-state index contributed by atoms with van der Waals surface area (Å²) in [6, 6.07) is 2.11. The Labute approximate surface area is 150 Å². The van der Waals surface area contributed by atoms with E-state index in [2.05, 4.69) is 5.10 Å². The van der Waals surface area contributed by atoms with Gasteiger partial charge in [-0.1, -0.05) is 0 Å². The van der Waals surface area contributed by atoms with E-state index in [9.17, 15) is 13.5 Å².